The number of anilines is 1. The largest absolute Gasteiger partial charge is 0.493 e. The van der Waals surface area contributed by atoms with Crippen molar-refractivity contribution in [3.63, 3.8) is 0 Å². The molecule has 5 rings (SSSR count). The molecule has 0 spiro atoms. The lowest BCUT2D eigenvalue weighted by atomic mass is 10.0. The number of halogens is 6. The van der Waals surface area contributed by atoms with E-state index in [0.29, 0.717) is 53.4 Å². The summed E-state index contributed by atoms with van der Waals surface area (Å²) in [6, 6.07) is 15.5. The summed E-state index contributed by atoms with van der Waals surface area (Å²) >= 11 is 1.21. The number of nitrogens with zero attached hydrogens (tertiary/aromatic N) is 4. The maximum Gasteiger partial charge on any atom is 0.416 e. The fourth-order valence-corrected chi connectivity index (χ4v) is 5.82. The standard InChI is InChI=1S/C31H24F6N4O3S/c1-43-26-14-19(6-9-25(26)44-18-21-7-8-22(30(32,33)34)16-23(21)31(35,36)37)15-27-28(42)39-29(45-27)41-12-10-40(11-13-41)24-5-3-2-4-20(24)17-38/h2-9,14-16H,10-13,18H2,1H3. The lowest BCUT2D eigenvalue weighted by Gasteiger charge is -2.36. The second-order valence-corrected chi connectivity index (χ2v) is 11.0. The fourth-order valence-electron chi connectivity index (χ4n) is 4.86. The first-order valence-electron chi connectivity index (χ1n) is 13.5. The van der Waals surface area contributed by atoms with Gasteiger partial charge in [-0.15, -0.1) is 0 Å². The van der Waals surface area contributed by atoms with Crippen LogP contribution in [0.3, 0.4) is 0 Å². The van der Waals surface area contributed by atoms with E-state index in [9.17, 15) is 36.4 Å². The third kappa shape index (κ3) is 7.20. The zero-order chi connectivity index (χ0) is 32.4. The number of alkyl halides is 6. The Morgan fingerprint density at radius 3 is 2.31 bits per heavy atom. The van der Waals surface area contributed by atoms with Crippen LogP contribution in [0.25, 0.3) is 6.08 Å². The van der Waals surface area contributed by atoms with Crippen LogP contribution < -0.4 is 14.4 Å². The molecule has 1 fully saturated rings. The van der Waals surface area contributed by atoms with Crippen molar-refractivity contribution in [2.75, 3.05) is 38.2 Å². The van der Waals surface area contributed by atoms with Crippen molar-refractivity contribution in [3.05, 3.63) is 93.4 Å². The second-order valence-electron chi connectivity index (χ2n) is 9.98. The smallest absolute Gasteiger partial charge is 0.416 e. The number of aliphatic imine (C=N–C) groups is 1. The van der Waals surface area contributed by atoms with Crippen LogP contribution in [0.2, 0.25) is 0 Å². The van der Waals surface area contributed by atoms with Gasteiger partial charge in [-0.3, -0.25) is 4.79 Å². The molecule has 0 radical (unpaired) electrons. The van der Waals surface area contributed by atoms with Gasteiger partial charge in [-0.25, -0.2) is 0 Å². The lowest BCUT2D eigenvalue weighted by Crippen LogP contribution is -2.48. The molecule has 0 bridgehead atoms. The maximum atomic E-state index is 13.5. The molecular weight excluding hydrogens is 622 g/mol. The van der Waals surface area contributed by atoms with Gasteiger partial charge in [0.25, 0.3) is 5.91 Å². The van der Waals surface area contributed by atoms with Crippen LogP contribution in [0.4, 0.5) is 32.0 Å². The van der Waals surface area contributed by atoms with Crippen molar-refractivity contribution in [3.8, 4) is 17.6 Å². The lowest BCUT2D eigenvalue weighted by molar-refractivity contribution is -0.143. The number of rotatable bonds is 6. The SMILES string of the molecule is COc1cc(C=C2SC(N3CCN(c4ccccc4C#N)CC3)=NC2=O)ccc1OCc1ccc(C(F)(F)F)cc1C(F)(F)F. The Kier molecular flexibility index (Phi) is 9.01. The highest BCUT2D eigenvalue weighted by Crippen LogP contribution is 2.39. The minimum atomic E-state index is -5.02. The van der Waals surface area contributed by atoms with Gasteiger partial charge in [0, 0.05) is 31.7 Å². The predicted octanol–water partition coefficient (Wildman–Crippen LogP) is 6.98. The molecule has 0 atom stereocenters. The van der Waals surface area contributed by atoms with E-state index in [4.69, 9.17) is 9.47 Å². The summed E-state index contributed by atoms with van der Waals surface area (Å²) in [5, 5.41) is 9.96. The van der Waals surface area contributed by atoms with Gasteiger partial charge in [0.15, 0.2) is 16.7 Å². The van der Waals surface area contributed by atoms with Gasteiger partial charge in [-0.1, -0.05) is 24.3 Å². The van der Waals surface area contributed by atoms with Crippen molar-refractivity contribution in [1.29, 1.82) is 5.26 Å². The van der Waals surface area contributed by atoms with E-state index in [-0.39, 0.29) is 17.6 Å². The van der Waals surface area contributed by atoms with Crippen LogP contribution in [-0.2, 0) is 23.8 Å². The highest BCUT2D eigenvalue weighted by atomic mass is 32.2. The molecule has 3 aromatic rings. The Morgan fingerprint density at radius 2 is 1.64 bits per heavy atom. The molecule has 2 heterocycles. The second kappa shape index (κ2) is 12.8. The number of piperazine rings is 1. The van der Waals surface area contributed by atoms with Crippen molar-refractivity contribution in [2.24, 2.45) is 4.99 Å². The number of hydrogen-bond acceptors (Lipinski definition) is 7. The zero-order valence-electron chi connectivity index (χ0n) is 23.6. The Labute approximate surface area is 258 Å². The molecule has 45 heavy (non-hydrogen) atoms. The van der Waals surface area contributed by atoms with Crippen LogP contribution in [0.1, 0.15) is 27.8 Å². The first kappa shape index (κ1) is 31.8. The Bertz CT molecular complexity index is 1710. The van der Waals surface area contributed by atoms with Crippen molar-refractivity contribution >= 4 is 34.6 Å². The summed E-state index contributed by atoms with van der Waals surface area (Å²) in [6.45, 7) is 1.81. The summed E-state index contributed by atoms with van der Waals surface area (Å²) in [5.74, 6) is -0.213. The Hall–Kier alpha value is -4.64. The van der Waals surface area contributed by atoms with Crippen LogP contribution in [0, 0.1) is 11.3 Å². The van der Waals surface area contributed by atoms with Gasteiger partial charge in [0.05, 0.1) is 34.4 Å². The zero-order valence-corrected chi connectivity index (χ0v) is 24.4. The van der Waals surface area contributed by atoms with Crippen molar-refractivity contribution in [2.45, 2.75) is 19.0 Å². The summed E-state index contributed by atoms with van der Waals surface area (Å²) < 4.78 is 90.4. The number of para-hydroxylation sites is 1. The predicted molar refractivity (Wildman–Crippen MR) is 157 cm³/mol. The number of amides is 1. The molecule has 2 aliphatic heterocycles. The molecule has 2 aliphatic rings. The third-order valence-electron chi connectivity index (χ3n) is 7.14. The van der Waals surface area contributed by atoms with E-state index in [0.717, 1.165) is 11.8 Å². The average molecular weight is 647 g/mol. The highest BCUT2D eigenvalue weighted by Gasteiger charge is 2.38. The van der Waals surface area contributed by atoms with Gasteiger partial charge in [0.2, 0.25) is 0 Å². The number of methoxy groups -OCH3 is 1. The van der Waals surface area contributed by atoms with Gasteiger partial charge in [-0.2, -0.15) is 36.6 Å². The number of amidine groups is 1. The monoisotopic (exact) mass is 646 g/mol. The number of ether oxygens (including phenoxy) is 2. The molecule has 0 N–H and O–H groups in total. The molecule has 14 heteroatoms. The van der Waals surface area contributed by atoms with E-state index in [1.807, 2.05) is 23.1 Å². The number of nitriles is 1. The topological polar surface area (TPSA) is 78.2 Å². The summed E-state index contributed by atoms with van der Waals surface area (Å²) in [6.07, 6.45) is -8.35. The molecule has 3 aromatic carbocycles. The molecule has 1 amide bonds. The van der Waals surface area contributed by atoms with Gasteiger partial charge >= 0.3 is 12.4 Å². The highest BCUT2D eigenvalue weighted by molar-refractivity contribution is 8.18. The van der Waals surface area contributed by atoms with E-state index in [2.05, 4.69) is 16.0 Å². The fraction of sp³-hybridized carbons (Fsp3) is 0.258. The molecule has 234 valence electrons. The minimum Gasteiger partial charge on any atom is -0.493 e. The summed E-state index contributed by atoms with van der Waals surface area (Å²) in [5.41, 5.74) is -1.34. The molecule has 0 saturated carbocycles. The van der Waals surface area contributed by atoms with Gasteiger partial charge in [0.1, 0.15) is 12.7 Å². The number of benzene rings is 3. The van der Waals surface area contributed by atoms with Crippen molar-refractivity contribution in [1.82, 2.24) is 4.90 Å². The third-order valence-corrected chi connectivity index (χ3v) is 8.18. The van der Waals surface area contributed by atoms with Crippen molar-refractivity contribution < 1.29 is 40.6 Å². The molecule has 7 nitrogen and oxygen atoms in total. The van der Waals surface area contributed by atoms with E-state index < -0.39 is 41.6 Å². The number of carbonyl (C=O) groups excluding carboxylic acids is 1. The minimum absolute atomic E-state index is 0.0610. The number of carbonyl (C=O) groups is 1. The van der Waals surface area contributed by atoms with Crippen LogP contribution in [0.5, 0.6) is 11.5 Å². The quantitative estimate of drug-likeness (QED) is 0.211. The molecule has 0 aromatic heterocycles. The van der Waals surface area contributed by atoms with Crippen LogP contribution in [0.15, 0.2) is 70.6 Å². The van der Waals surface area contributed by atoms with Crippen LogP contribution >= 0.6 is 11.8 Å². The molecule has 0 aliphatic carbocycles. The summed E-state index contributed by atoms with van der Waals surface area (Å²) in [7, 11) is 1.32. The first-order valence-corrected chi connectivity index (χ1v) is 14.3. The first-order chi connectivity index (χ1) is 21.4. The van der Waals surface area contributed by atoms with Gasteiger partial charge < -0.3 is 19.3 Å². The maximum absolute atomic E-state index is 13.5. The Balaban J connectivity index is 1.25. The number of hydrogen-bond donors (Lipinski definition) is 0. The molecule has 1 saturated heterocycles. The molecule has 0 unspecified atom stereocenters. The van der Waals surface area contributed by atoms with E-state index >= 15 is 0 Å². The van der Waals surface area contributed by atoms with Gasteiger partial charge in [-0.05, 0) is 59.8 Å². The number of thioether (sulfide) groups is 1. The van der Waals surface area contributed by atoms with E-state index in [1.165, 1.54) is 31.0 Å². The van der Waals surface area contributed by atoms with Crippen LogP contribution in [-0.4, -0.2) is 49.3 Å². The Morgan fingerprint density at radius 1 is 0.933 bits per heavy atom. The van der Waals surface area contributed by atoms with E-state index in [1.54, 1.807) is 18.2 Å². The molecular formula is C31H24F6N4O3S. The average Bonchev–Trinajstić information content (AvgIpc) is 3.38. The normalized spacial score (nSPS) is 16.5. The summed E-state index contributed by atoms with van der Waals surface area (Å²) in [4.78, 5) is 21.4.